The second kappa shape index (κ2) is 9.17. The average molecular weight is 434 g/mol. The first-order valence-electron chi connectivity index (χ1n) is 9.72. The highest BCUT2D eigenvalue weighted by atomic mass is 32.2. The number of thiophene rings is 1. The minimum Gasteiger partial charge on any atom is -0.464 e. The summed E-state index contributed by atoms with van der Waals surface area (Å²) >= 11 is 2.81. The van der Waals surface area contributed by atoms with E-state index in [0.29, 0.717) is 23.0 Å². The number of fused-ring (bicyclic) bond motifs is 1. The number of hydrogen-bond acceptors (Lipinski definition) is 6. The van der Waals surface area contributed by atoms with Crippen LogP contribution < -0.4 is 5.56 Å². The van der Waals surface area contributed by atoms with Gasteiger partial charge in [-0.3, -0.25) is 9.59 Å². The standard InChI is InChI=1S/C21H27N3O3S2/c1-6-12(2)9-16-14(4)29-20-18(16)19(26)22-21(23-20)28-11-17(25)24(5)10-15-8-7-13(3)27-15/h7-8,12H,6,9-11H2,1-5H3,(H,22,23,26). The number of hydrogen-bond donors (Lipinski definition) is 1. The summed E-state index contributed by atoms with van der Waals surface area (Å²) in [7, 11) is 1.74. The van der Waals surface area contributed by atoms with Crippen molar-refractivity contribution in [1.82, 2.24) is 14.9 Å². The molecule has 0 aliphatic carbocycles. The number of carbonyl (C=O) groups is 1. The lowest BCUT2D eigenvalue weighted by Gasteiger charge is -2.15. The highest BCUT2D eigenvalue weighted by molar-refractivity contribution is 7.99. The molecule has 0 spiro atoms. The summed E-state index contributed by atoms with van der Waals surface area (Å²) in [4.78, 5) is 36.1. The van der Waals surface area contributed by atoms with Gasteiger partial charge in [0.15, 0.2) is 5.16 Å². The van der Waals surface area contributed by atoms with Crippen LogP contribution in [0, 0.1) is 19.8 Å². The van der Waals surface area contributed by atoms with E-state index in [4.69, 9.17) is 4.42 Å². The fourth-order valence-electron chi connectivity index (χ4n) is 3.09. The van der Waals surface area contributed by atoms with Crippen molar-refractivity contribution < 1.29 is 9.21 Å². The number of amides is 1. The first-order chi connectivity index (χ1) is 13.8. The van der Waals surface area contributed by atoms with Crippen molar-refractivity contribution in [3.05, 3.63) is 44.4 Å². The van der Waals surface area contributed by atoms with Crippen LogP contribution in [0.25, 0.3) is 10.2 Å². The maximum atomic E-state index is 12.7. The molecule has 29 heavy (non-hydrogen) atoms. The molecule has 0 radical (unpaired) electrons. The molecule has 3 heterocycles. The summed E-state index contributed by atoms with van der Waals surface area (Å²) in [5, 5.41) is 1.18. The molecule has 6 nitrogen and oxygen atoms in total. The van der Waals surface area contributed by atoms with Crippen molar-refractivity contribution in [1.29, 1.82) is 0 Å². The van der Waals surface area contributed by atoms with E-state index in [1.807, 2.05) is 26.0 Å². The fourth-order valence-corrected chi connectivity index (χ4v) is 5.01. The number of aryl methyl sites for hydroxylation is 2. The Hall–Kier alpha value is -2.06. The third-order valence-electron chi connectivity index (χ3n) is 5.04. The van der Waals surface area contributed by atoms with Gasteiger partial charge >= 0.3 is 0 Å². The quantitative estimate of drug-likeness (QED) is 0.417. The molecule has 3 aromatic rings. The smallest absolute Gasteiger partial charge is 0.260 e. The zero-order valence-electron chi connectivity index (χ0n) is 17.5. The molecule has 0 saturated carbocycles. The molecule has 0 aromatic carbocycles. The van der Waals surface area contributed by atoms with E-state index in [1.165, 1.54) is 11.8 Å². The molecule has 3 rings (SSSR count). The lowest BCUT2D eigenvalue weighted by Crippen LogP contribution is -2.27. The van der Waals surface area contributed by atoms with E-state index >= 15 is 0 Å². The Labute approximate surface area is 178 Å². The second-order valence-electron chi connectivity index (χ2n) is 7.46. The highest BCUT2D eigenvalue weighted by Gasteiger charge is 2.18. The van der Waals surface area contributed by atoms with Crippen LogP contribution in [-0.2, 0) is 17.8 Å². The van der Waals surface area contributed by atoms with Crippen molar-refractivity contribution in [2.24, 2.45) is 5.92 Å². The Morgan fingerprint density at radius 3 is 2.79 bits per heavy atom. The summed E-state index contributed by atoms with van der Waals surface area (Å²) in [5.41, 5.74) is 0.987. The van der Waals surface area contributed by atoms with Crippen LogP contribution in [0.1, 0.15) is 42.2 Å². The molecule has 1 N–H and O–H groups in total. The number of carbonyl (C=O) groups excluding carboxylic acids is 1. The van der Waals surface area contributed by atoms with Gasteiger partial charge in [-0.05, 0) is 43.9 Å². The molecule has 1 atom stereocenters. The van der Waals surface area contributed by atoms with Gasteiger partial charge in [-0.25, -0.2) is 4.98 Å². The Morgan fingerprint density at radius 1 is 1.38 bits per heavy atom. The van der Waals surface area contributed by atoms with Gasteiger partial charge in [0.1, 0.15) is 16.4 Å². The number of nitrogens with zero attached hydrogens (tertiary/aromatic N) is 2. The molecule has 3 aromatic heterocycles. The number of aromatic nitrogens is 2. The number of rotatable bonds is 8. The van der Waals surface area contributed by atoms with Gasteiger partial charge in [-0.2, -0.15) is 0 Å². The molecule has 0 aliphatic rings. The summed E-state index contributed by atoms with van der Waals surface area (Å²) in [6, 6.07) is 3.75. The Kier molecular flexibility index (Phi) is 6.85. The Balaban J connectivity index is 1.70. The molecule has 156 valence electrons. The number of thioether (sulfide) groups is 1. The van der Waals surface area contributed by atoms with E-state index in [-0.39, 0.29) is 17.2 Å². The number of aromatic amines is 1. The lowest BCUT2D eigenvalue weighted by molar-refractivity contribution is -0.127. The average Bonchev–Trinajstić information content (AvgIpc) is 3.22. The number of furan rings is 1. The first-order valence-corrected chi connectivity index (χ1v) is 11.5. The minimum absolute atomic E-state index is 0.0494. The van der Waals surface area contributed by atoms with Gasteiger partial charge in [0, 0.05) is 11.9 Å². The van der Waals surface area contributed by atoms with E-state index in [0.717, 1.165) is 39.6 Å². The van der Waals surface area contributed by atoms with Gasteiger partial charge in [-0.15, -0.1) is 11.3 Å². The predicted molar refractivity (Wildman–Crippen MR) is 119 cm³/mol. The summed E-state index contributed by atoms with van der Waals surface area (Å²) < 4.78 is 5.52. The summed E-state index contributed by atoms with van der Waals surface area (Å²) in [6.07, 6.45) is 1.96. The second-order valence-corrected chi connectivity index (χ2v) is 9.62. The van der Waals surface area contributed by atoms with Crippen LogP contribution in [0.2, 0.25) is 0 Å². The third-order valence-corrected chi connectivity index (χ3v) is 6.94. The SMILES string of the molecule is CCC(C)Cc1c(C)sc2nc(SCC(=O)N(C)Cc3ccc(C)o3)[nH]c(=O)c12. The zero-order chi connectivity index (χ0) is 21.1. The first kappa shape index (κ1) is 21.6. The van der Waals surface area contributed by atoms with Crippen LogP contribution in [0.3, 0.4) is 0 Å². The van der Waals surface area contributed by atoms with E-state index in [9.17, 15) is 9.59 Å². The highest BCUT2D eigenvalue weighted by Crippen LogP contribution is 2.30. The molecule has 0 bridgehead atoms. The summed E-state index contributed by atoms with van der Waals surface area (Å²) in [5.74, 6) is 2.25. The molecular weight excluding hydrogens is 406 g/mol. The largest absolute Gasteiger partial charge is 0.464 e. The number of H-pyrrole nitrogens is 1. The molecule has 0 fully saturated rings. The third kappa shape index (κ3) is 5.11. The van der Waals surface area contributed by atoms with Crippen molar-refractivity contribution >= 4 is 39.2 Å². The van der Waals surface area contributed by atoms with Gasteiger partial charge in [0.25, 0.3) is 5.56 Å². The maximum absolute atomic E-state index is 12.7. The zero-order valence-corrected chi connectivity index (χ0v) is 19.1. The van der Waals surface area contributed by atoms with Gasteiger partial charge in [0.05, 0.1) is 17.7 Å². The molecule has 1 amide bonds. The van der Waals surface area contributed by atoms with Crippen molar-refractivity contribution in [3.63, 3.8) is 0 Å². The topological polar surface area (TPSA) is 79.2 Å². The monoisotopic (exact) mass is 433 g/mol. The molecular formula is C21H27N3O3S2. The Bertz CT molecular complexity index is 1070. The fraction of sp³-hybridized carbons (Fsp3) is 0.476. The number of nitrogens with one attached hydrogen (secondary N) is 1. The predicted octanol–water partition coefficient (Wildman–Crippen LogP) is 4.53. The Morgan fingerprint density at radius 2 is 2.14 bits per heavy atom. The maximum Gasteiger partial charge on any atom is 0.260 e. The summed E-state index contributed by atoms with van der Waals surface area (Å²) in [6.45, 7) is 8.69. The van der Waals surface area contributed by atoms with E-state index in [1.54, 1.807) is 23.3 Å². The molecule has 1 unspecified atom stereocenters. The van der Waals surface area contributed by atoms with Gasteiger partial charge < -0.3 is 14.3 Å². The van der Waals surface area contributed by atoms with Gasteiger partial charge in [-0.1, -0.05) is 32.0 Å². The van der Waals surface area contributed by atoms with Crippen LogP contribution in [-0.4, -0.2) is 33.6 Å². The van der Waals surface area contributed by atoms with E-state index in [2.05, 4.69) is 23.8 Å². The van der Waals surface area contributed by atoms with Crippen LogP contribution >= 0.6 is 23.1 Å². The molecule has 0 aliphatic heterocycles. The van der Waals surface area contributed by atoms with Crippen LogP contribution in [0.4, 0.5) is 0 Å². The normalized spacial score (nSPS) is 12.4. The van der Waals surface area contributed by atoms with Crippen molar-refractivity contribution in [2.45, 2.75) is 52.2 Å². The lowest BCUT2D eigenvalue weighted by atomic mass is 9.98. The van der Waals surface area contributed by atoms with Crippen LogP contribution in [0.15, 0.2) is 26.5 Å². The minimum atomic E-state index is -0.119. The van der Waals surface area contributed by atoms with Crippen molar-refractivity contribution in [3.8, 4) is 0 Å². The van der Waals surface area contributed by atoms with Gasteiger partial charge in [0.2, 0.25) is 5.91 Å². The van der Waals surface area contributed by atoms with Crippen LogP contribution in [0.5, 0.6) is 0 Å². The molecule has 0 saturated heterocycles. The van der Waals surface area contributed by atoms with Crippen molar-refractivity contribution in [2.75, 3.05) is 12.8 Å². The van der Waals surface area contributed by atoms with E-state index < -0.39 is 0 Å². The molecule has 8 heteroatoms.